The molecule has 0 spiro atoms. The SMILES string of the molecule is C=CC(C)NS(=O)(=O)c1cc(N)c(F)cc1F. The van der Waals surface area contributed by atoms with Gasteiger partial charge in [-0.1, -0.05) is 6.08 Å². The molecular formula is C10H12F2N2O2S. The summed E-state index contributed by atoms with van der Waals surface area (Å²) in [5.74, 6) is -2.20. The molecule has 0 aromatic heterocycles. The lowest BCUT2D eigenvalue weighted by Crippen LogP contribution is -2.31. The molecule has 1 atom stereocenters. The van der Waals surface area contributed by atoms with E-state index in [9.17, 15) is 17.2 Å². The van der Waals surface area contributed by atoms with Gasteiger partial charge in [0.05, 0.1) is 5.69 Å². The largest absolute Gasteiger partial charge is 0.396 e. The van der Waals surface area contributed by atoms with Crippen molar-refractivity contribution in [3.63, 3.8) is 0 Å². The minimum atomic E-state index is -4.08. The molecule has 0 heterocycles. The Bertz CT molecular complexity index is 543. The number of benzene rings is 1. The quantitative estimate of drug-likeness (QED) is 0.636. The van der Waals surface area contributed by atoms with Crippen molar-refractivity contribution >= 4 is 15.7 Å². The lowest BCUT2D eigenvalue weighted by atomic mass is 10.3. The normalized spacial score (nSPS) is 13.4. The van der Waals surface area contributed by atoms with E-state index in [1.807, 2.05) is 0 Å². The second-order valence-electron chi connectivity index (χ2n) is 3.45. The number of rotatable bonds is 4. The van der Waals surface area contributed by atoms with Crippen molar-refractivity contribution in [3.05, 3.63) is 36.4 Å². The van der Waals surface area contributed by atoms with Crippen LogP contribution >= 0.6 is 0 Å². The van der Waals surface area contributed by atoms with Crippen LogP contribution in [-0.4, -0.2) is 14.5 Å². The second-order valence-corrected chi connectivity index (χ2v) is 5.13. The highest BCUT2D eigenvalue weighted by molar-refractivity contribution is 7.89. The third-order valence-corrected chi connectivity index (χ3v) is 3.61. The minimum Gasteiger partial charge on any atom is -0.396 e. The average molecular weight is 262 g/mol. The monoisotopic (exact) mass is 262 g/mol. The van der Waals surface area contributed by atoms with Gasteiger partial charge < -0.3 is 5.73 Å². The maximum atomic E-state index is 13.3. The van der Waals surface area contributed by atoms with Crippen LogP contribution in [0.15, 0.2) is 29.7 Å². The smallest absolute Gasteiger partial charge is 0.244 e. The lowest BCUT2D eigenvalue weighted by molar-refractivity contribution is 0.542. The summed E-state index contributed by atoms with van der Waals surface area (Å²) in [6, 6.07) is 0.594. The maximum Gasteiger partial charge on any atom is 0.244 e. The zero-order valence-electron chi connectivity index (χ0n) is 9.07. The van der Waals surface area contributed by atoms with Crippen LogP contribution < -0.4 is 10.5 Å². The molecule has 0 bridgehead atoms. The fourth-order valence-corrected chi connectivity index (χ4v) is 2.42. The molecule has 0 aliphatic carbocycles. The Balaban J connectivity index is 3.24. The Kier molecular flexibility index (Phi) is 3.84. The topological polar surface area (TPSA) is 72.2 Å². The van der Waals surface area contributed by atoms with Crippen LogP contribution in [0.5, 0.6) is 0 Å². The van der Waals surface area contributed by atoms with Crippen LogP contribution in [0.25, 0.3) is 0 Å². The van der Waals surface area contributed by atoms with Gasteiger partial charge >= 0.3 is 0 Å². The first-order chi connectivity index (χ1) is 7.77. The molecule has 0 saturated carbocycles. The van der Waals surface area contributed by atoms with Crippen molar-refractivity contribution in [2.45, 2.75) is 17.9 Å². The first-order valence-electron chi connectivity index (χ1n) is 4.67. The van der Waals surface area contributed by atoms with Gasteiger partial charge in [0.15, 0.2) is 0 Å². The average Bonchev–Trinajstić information content (AvgIpc) is 2.22. The van der Waals surface area contributed by atoms with Gasteiger partial charge in [-0.3, -0.25) is 0 Å². The Morgan fingerprint density at radius 1 is 1.41 bits per heavy atom. The van der Waals surface area contributed by atoms with Crippen LogP contribution in [0.2, 0.25) is 0 Å². The highest BCUT2D eigenvalue weighted by Crippen LogP contribution is 2.20. The molecule has 1 aromatic carbocycles. The number of anilines is 1. The van der Waals surface area contributed by atoms with E-state index >= 15 is 0 Å². The van der Waals surface area contributed by atoms with Crippen LogP contribution in [-0.2, 0) is 10.0 Å². The highest BCUT2D eigenvalue weighted by atomic mass is 32.2. The molecular weight excluding hydrogens is 250 g/mol. The fraction of sp³-hybridized carbons (Fsp3) is 0.200. The third kappa shape index (κ3) is 3.01. The molecule has 1 aromatic rings. The summed E-state index contributed by atoms with van der Waals surface area (Å²) in [7, 11) is -4.08. The first kappa shape index (κ1) is 13.6. The van der Waals surface area contributed by atoms with Crippen LogP contribution in [0.1, 0.15) is 6.92 Å². The molecule has 94 valence electrons. The van der Waals surface area contributed by atoms with E-state index in [-0.39, 0.29) is 0 Å². The van der Waals surface area contributed by atoms with Gasteiger partial charge in [0.1, 0.15) is 16.5 Å². The van der Waals surface area contributed by atoms with Crippen molar-refractivity contribution in [2.75, 3.05) is 5.73 Å². The molecule has 0 fully saturated rings. The van der Waals surface area contributed by atoms with Gasteiger partial charge in [0.25, 0.3) is 0 Å². The van der Waals surface area contributed by atoms with E-state index in [1.165, 1.54) is 13.0 Å². The molecule has 1 unspecified atom stereocenters. The van der Waals surface area contributed by atoms with Crippen molar-refractivity contribution in [3.8, 4) is 0 Å². The molecule has 1 rings (SSSR count). The summed E-state index contributed by atoms with van der Waals surface area (Å²) >= 11 is 0. The predicted molar refractivity (Wildman–Crippen MR) is 60.8 cm³/mol. The summed E-state index contributed by atoms with van der Waals surface area (Å²) in [5, 5.41) is 0. The number of hydrogen-bond acceptors (Lipinski definition) is 3. The Hall–Kier alpha value is -1.47. The Morgan fingerprint density at radius 3 is 2.53 bits per heavy atom. The number of nitrogens with one attached hydrogen (secondary N) is 1. The number of nitrogen functional groups attached to an aromatic ring is 1. The number of nitrogens with two attached hydrogens (primary N) is 1. The van der Waals surface area contributed by atoms with E-state index in [0.29, 0.717) is 6.07 Å². The first-order valence-corrected chi connectivity index (χ1v) is 6.15. The summed E-state index contributed by atoms with van der Waals surface area (Å²) in [6.07, 6.45) is 1.34. The van der Waals surface area contributed by atoms with Crippen molar-refractivity contribution in [2.24, 2.45) is 0 Å². The molecule has 0 saturated heterocycles. The van der Waals surface area contributed by atoms with Crippen molar-refractivity contribution in [1.82, 2.24) is 4.72 Å². The van der Waals surface area contributed by atoms with Crippen molar-refractivity contribution in [1.29, 1.82) is 0 Å². The number of hydrogen-bond donors (Lipinski definition) is 2. The lowest BCUT2D eigenvalue weighted by Gasteiger charge is -2.11. The van der Waals surface area contributed by atoms with Crippen LogP contribution in [0.3, 0.4) is 0 Å². The van der Waals surface area contributed by atoms with E-state index in [1.54, 1.807) is 0 Å². The third-order valence-electron chi connectivity index (χ3n) is 2.04. The summed E-state index contributed by atoms with van der Waals surface area (Å²) in [5.41, 5.74) is 4.76. The van der Waals surface area contributed by atoms with Crippen LogP contribution in [0, 0.1) is 11.6 Å². The molecule has 0 aliphatic rings. The van der Waals surface area contributed by atoms with E-state index in [4.69, 9.17) is 5.73 Å². The minimum absolute atomic E-state index is 0.432. The molecule has 0 amide bonds. The van der Waals surface area contributed by atoms with Gasteiger partial charge in [-0.05, 0) is 13.0 Å². The zero-order valence-corrected chi connectivity index (χ0v) is 9.89. The molecule has 3 N–H and O–H groups in total. The van der Waals surface area contributed by atoms with E-state index in [0.717, 1.165) is 6.07 Å². The molecule has 0 aliphatic heterocycles. The van der Waals surface area contributed by atoms with E-state index < -0.39 is 38.3 Å². The molecule has 7 heteroatoms. The van der Waals surface area contributed by atoms with Gasteiger partial charge in [-0.2, -0.15) is 0 Å². The predicted octanol–water partition coefficient (Wildman–Crippen LogP) is 1.40. The standard InChI is InChI=1S/C10H12F2N2O2S/c1-3-6(2)14-17(15,16)10-5-9(13)7(11)4-8(10)12/h3-6,14H,1,13H2,2H3. The fourth-order valence-electron chi connectivity index (χ4n) is 1.11. The summed E-state index contributed by atoms with van der Waals surface area (Å²) in [6.45, 7) is 4.91. The summed E-state index contributed by atoms with van der Waals surface area (Å²) < 4.78 is 51.8. The molecule has 0 radical (unpaired) electrons. The number of halogens is 2. The van der Waals surface area contributed by atoms with Gasteiger partial charge in [-0.15, -0.1) is 6.58 Å². The summed E-state index contributed by atoms with van der Waals surface area (Å²) in [4.78, 5) is -0.690. The number of sulfonamides is 1. The maximum absolute atomic E-state index is 13.3. The Morgan fingerprint density at radius 2 is 2.00 bits per heavy atom. The zero-order chi connectivity index (χ0) is 13.2. The van der Waals surface area contributed by atoms with E-state index in [2.05, 4.69) is 11.3 Å². The molecule has 4 nitrogen and oxygen atoms in total. The second kappa shape index (κ2) is 4.80. The molecule has 17 heavy (non-hydrogen) atoms. The van der Waals surface area contributed by atoms with Gasteiger partial charge in [0, 0.05) is 12.1 Å². The highest BCUT2D eigenvalue weighted by Gasteiger charge is 2.22. The van der Waals surface area contributed by atoms with Crippen LogP contribution in [0.4, 0.5) is 14.5 Å². The van der Waals surface area contributed by atoms with Gasteiger partial charge in [-0.25, -0.2) is 21.9 Å². The van der Waals surface area contributed by atoms with Crippen molar-refractivity contribution < 1.29 is 17.2 Å². The van der Waals surface area contributed by atoms with Gasteiger partial charge in [0.2, 0.25) is 10.0 Å². The Labute approximate surface area is 98.2 Å².